The molecule has 0 heterocycles. The lowest BCUT2D eigenvalue weighted by Gasteiger charge is -2.13. The standard InChI is InChI=1S/C15H15BrFNO/c1-10-7-13(17)12(16)8-14(10)18-9-11-5-3-4-6-15(11)19-2/h3-8,18H,9H2,1-2H3. The zero-order chi connectivity index (χ0) is 13.8. The molecular weight excluding hydrogens is 309 g/mol. The zero-order valence-corrected chi connectivity index (χ0v) is 12.4. The molecule has 2 aromatic carbocycles. The van der Waals surface area contributed by atoms with Crippen LogP contribution in [0, 0.1) is 12.7 Å². The van der Waals surface area contributed by atoms with Crippen molar-refractivity contribution in [2.75, 3.05) is 12.4 Å². The molecule has 0 radical (unpaired) electrons. The van der Waals surface area contributed by atoms with Crippen LogP contribution in [0.2, 0.25) is 0 Å². The number of halogens is 2. The van der Waals surface area contributed by atoms with Crippen LogP contribution in [0.15, 0.2) is 40.9 Å². The van der Waals surface area contributed by atoms with Gasteiger partial charge in [0, 0.05) is 17.8 Å². The third-order valence-electron chi connectivity index (χ3n) is 2.93. The molecule has 0 saturated carbocycles. The molecule has 0 bridgehead atoms. The summed E-state index contributed by atoms with van der Waals surface area (Å²) in [6, 6.07) is 11.1. The zero-order valence-electron chi connectivity index (χ0n) is 10.8. The van der Waals surface area contributed by atoms with Crippen LogP contribution in [0.5, 0.6) is 5.75 Å². The minimum atomic E-state index is -0.250. The van der Waals surface area contributed by atoms with Gasteiger partial charge in [0.05, 0.1) is 11.6 Å². The summed E-state index contributed by atoms with van der Waals surface area (Å²) in [6.45, 7) is 2.50. The van der Waals surface area contributed by atoms with Crippen LogP contribution in [0.25, 0.3) is 0 Å². The van der Waals surface area contributed by atoms with Gasteiger partial charge in [0.25, 0.3) is 0 Å². The Kier molecular flexibility index (Phi) is 4.43. The number of para-hydroxylation sites is 1. The van der Waals surface area contributed by atoms with Crippen LogP contribution >= 0.6 is 15.9 Å². The van der Waals surface area contributed by atoms with Crippen LogP contribution in [-0.2, 0) is 6.54 Å². The Morgan fingerprint density at radius 3 is 2.74 bits per heavy atom. The number of nitrogens with one attached hydrogen (secondary N) is 1. The second-order valence-electron chi connectivity index (χ2n) is 4.25. The fourth-order valence-corrected chi connectivity index (χ4v) is 2.22. The Labute approximate surface area is 120 Å². The van der Waals surface area contributed by atoms with E-state index in [4.69, 9.17) is 4.74 Å². The van der Waals surface area contributed by atoms with E-state index in [1.165, 1.54) is 6.07 Å². The summed E-state index contributed by atoms with van der Waals surface area (Å²) < 4.78 is 19.1. The highest BCUT2D eigenvalue weighted by molar-refractivity contribution is 9.10. The molecule has 0 amide bonds. The van der Waals surface area contributed by atoms with E-state index >= 15 is 0 Å². The van der Waals surface area contributed by atoms with Gasteiger partial charge in [-0.05, 0) is 46.6 Å². The van der Waals surface area contributed by atoms with Crippen molar-refractivity contribution in [3.63, 3.8) is 0 Å². The summed E-state index contributed by atoms with van der Waals surface area (Å²) >= 11 is 3.19. The van der Waals surface area contributed by atoms with Crippen molar-refractivity contribution < 1.29 is 9.13 Å². The lowest BCUT2D eigenvalue weighted by atomic mass is 10.1. The van der Waals surface area contributed by atoms with Crippen LogP contribution in [0.1, 0.15) is 11.1 Å². The first-order valence-corrected chi connectivity index (χ1v) is 6.72. The van der Waals surface area contributed by atoms with E-state index in [1.54, 1.807) is 13.2 Å². The average molecular weight is 324 g/mol. The second kappa shape index (κ2) is 6.06. The van der Waals surface area contributed by atoms with Crippen molar-refractivity contribution in [1.82, 2.24) is 0 Å². The van der Waals surface area contributed by atoms with Crippen molar-refractivity contribution in [2.45, 2.75) is 13.5 Å². The molecule has 0 spiro atoms. The second-order valence-corrected chi connectivity index (χ2v) is 5.10. The van der Waals surface area contributed by atoms with E-state index in [0.29, 0.717) is 11.0 Å². The number of methoxy groups -OCH3 is 1. The van der Waals surface area contributed by atoms with Gasteiger partial charge >= 0.3 is 0 Å². The number of hydrogen-bond donors (Lipinski definition) is 1. The maximum atomic E-state index is 13.3. The SMILES string of the molecule is COc1ccccc1CNc1cc(Br)c(F)cc1C. The molecule has 4 heteroatoms. The van der Waals surface area contributed by atoms with Crippen LogP contribution in [-0.4, -0.2) is 7.11 Å². The van der Waals surface area contributed by atoms with Crippen LogP contribution < -0.4 is 10.1 Å². The molecule has 0 aliphatic carbocycles. The first-order valence-electron chi connectivity index (χ1n) is 5.93. The Balaban J connectivity index is 2.17. The molecule has 2 rings (SSSR count). The quantitative estimate of drug-likeness (QED) is 0.893. The number of rotatable bonds is 4. The fraction of sp³-hybridized carbons (Fsp3) is 0.200. The minimum absolute atomic E-state index is 0.250. The number of hydrogen-bond acceptors (Lipinski definition) is 2. The Morgan fingerprint density at radius 1 is 1.26 bits per heavy atom. The Hall–Kier alpha value is -1.55. The third-order valence-corrected chi connectivity index (χ3v) is 3.54. The largest absolute Gasteiger partial charge is 0.496 e. The molecule has 2 nitrogen and oxygen atoms in total. The molecule has 0 atom stereocenters. The summed E-state index contributed by atoms with van der Waals surface area (Å²) in [4.78, 5) is 0. The number of ether oxygens (including phenoxy) is 1. The van der Waals surface area contributed by atoms with Gasteiger partial charge in [0.1, 0.15) is 11.6 Å². The predicted molar refractivity (Wildman–Crippen MR) is 79.2 cm³/mol. The molecule has 0 aromatic heterocycles. The van der Waals surface area contributed by atoms with Gasteiger partial charge in [-0.15, -0.1) is 0 Å². The summed E-state index contributed by atoms with van der Waals surface area (Å²) in [5.41, 5.74) is 2.83. The van der Waals surface area contributed by atoms with Crippen molar-refractivity contribution in [3.8, 4) is 5.75 Å². The minimum Gasteiger partial charge on any atom is -0.496 e. The summed E-state index contributed by atoms with van der Waals surface area (Å²) in [5, 5.41) is 3.30. The predicted octanol–water partition coefficient (Wildman–Crippen LogP) is 4.52. The molecule has 0 saturated heterocycles. The molecule has 19 heavy (non-hydrogen) atoms. The van der Waals surface area contributed by atoms with Gasteiger partial charge in [-0.2, -0.15) is 0 Å². The van der Waals surface area contributed by atoms with Crippen molar-refractivity contribution >= 4 is 21.6 Å². The van der Waals surface area contributed by atoms with Gasteiger partial charge in [-0.3, -0.25) is 0 Å². The van der Waals surface area contributed by atoms with Crippen molar-refractivity contribution in [2.24, 2.45) is 0 Å². The van der Waals surface area contributed by atoms with Crippen LogP contribution in [0.4, 0.5) is 10.1 Å². The maximum absolute atomic E-state index is 13.3. The number of benzene rings is 2. The van der Waals surface area contributed by atoms with Gasteiger partial charge in [0.15, 0.2) is 0 Å². The first kappa shape index (κ1) is 13.9. The monoisotopic (exact) mass is 323 g/mol. The molecule has 1 N–H and O–H groups in total. The molecule has 2 aromatic rings. The topological polar surface area (TPSA) is 21.3 Å². The lowest BCUT2D eigenvalue weighted by molar-refractivity contribution is 0.410. The van der Waals surface area contributed by atoms with Gasteiger partial charge in [-0.25, -0.2) is 4.39 Å². The fourth-order valence-electron chi connectivity index (χ4n) is 1.88. The van der Waals surface area contributed by atoms with Crippen LogP contribution in [0.3, 0.4) is 0 Å². The van der Waals surface area contributed by atoms with E-state index in [-0.39, 0.29) is 5.82 Å². The summed E-state index contributed by atoms with van der Waals surface area (Å²) in [5.74, 6) is 0.592. The molecule has 0 unspecified atom stereocenters. The summed E-state index contributed by atoms with van der Waals surface area (Å²) in [7, 11) is 1.65. The molecule has 0 aliphatic heterocycles. The molecular formula is C15H15BrFNO. The summed E-state index contributed by atoms with van der Waals surface area (Å²) in [6.07, 6.45) is 0. The van der Waals surface area contributed by atoms with E-state index in [1.807, 2.05) is 31.2 Å². The highest BCUT2D eigenvalue weighted by atomic mass is 79.9. The van der Waals surface area contributed by atoms with Gasteiger partial charge in [-0.1, -0.05) is 18.2 Å². The van der Waals surface area contributed by atoms with Gasteiger partial charge < -0.3 is 10.1 Å². The highest BCUT2D eigenvalue weighted by Crippen LogP contribution is 2.25. The van der Waals surface area contributed by atoms with Crippen molar-refractivity contribution in [3.05, 3.63) is 57.8 Å². The number of aryl methyl sites for hydroxylation is 1. The first-order chi connectivity index (χ1) is 9.11. The van der Waals surface area contributed by atoms with E-state index in [9.17, 15) is 4.39 Å². The average Bonchev–Trinajstić information content (AvgIpc) is 2.41. The van der Waals surface area contributed by atoms with Crippen molar-refractivity contribution in [1.29, 1.82) is 0 Å². The van der Waals surface area contributed by atoms with E-state index in [0.717, 1.165) is 22.6 Å². The van der Waals surface area contributed by atoms with E-state index < -0.39 is 0 Å². The normalized spacial score (nSPS) is 10.3. The molecule has 0 fully saturated rings. The third kappa shape index (κ3) is 3.26. The smallest absolute Gasteiger partial charge is 0.137 e. The lowest BCUT2D eigenvalue weighted by Crippen LogP contribution is -2.03. The Bertz CT molecular complexity index is 586. The van der Waals surface area contributed by atoms with E-state index in [2.05, 4.69) is 21.2 Å². The highest BCUT2D eigenvalue weighted by Gasteiger charge is 2.06. The maximum Gasteiger partial charge on any atom is 0.137 e. The van der Waals surface area contributed by atoms with Gasteiger partial charge in [0.2, 0.25) is 0 Å². The molecule has 0 aliphatic rings. The number of anilines is 1. The Morgan fingerprint density at radius 2 is 2.00 bits per heavy atom. The molecule has 100 valence electrons.